The second-order valence-electron chi connectivity index (χ2n) is 6.26. The molecule has 0 bridgehead atoms. The minimum atomic E-state index is -0.546. The molecule has 0 unspecified atom stereocenters. The van der Waals surface area contributed by atoms with Crippen LogP contribution < -0.4 is 5.32 Å². The normalized spacial score (nSPS) is 14.7. The predicted molar refractivity (Wildman–Crippen MR) is 102 cm³/mol. The third-order valence-corrected chi connectivity index (χ3v) is 4.78. The highest BCUT2D eigenvalue weighted by molar-refractivity contribution is 6.34. The van der Waals surface area contributed by atoms with Crippen LogP contribution in [0.1, 0.15) is 21.5 Å². The van der Waals surface area contributed by atoms with Crippen LogP contribution in [0.4, 0.5) is 5.69 Å². The molecule has 2 aromatic carbocycles. The summed E-state index contributed by atoms with van der Waals surface area (Å²) in [5.41, 5.74) is 2.24. The number of nitro groups is 1. The Labute approximate surface area is 162 Å². The molecular formula is C19H20ClN3O4. The Morgan fingerprint density at radius 2 is 1.89 bits per heavy atom. The number of carbonyl (C=O) groups is 1. The Kier molecular flexibility index (Phi) is 6.39. The number of ether oxygens (including phenoxy) is 1. The molecule has 142 valence electrons. The molecule has 1 heterocycles. The maximum Gasteiger partial charge on any atom is 0.270 e. The first kappa shape index (κ1) is 19.3. The van der Waals surface area contributed by atoms with Gasteiger partial charge in [-0.1, -0.05) is 35.9 Å². The third kappa shape index (κ3) is 5.03. The first-order valence-electron chi connectivity index (χ1n) is 8.63. The zero-order chi connectivity index (χ0) is 19.2. The van der Waals surface area contributed by atoms with Gasteiger partial charge in [-0.25, -0.2) is 0 Å². The molecule has 1 aliphatic rings. The maximum absolute atomic E-state index is 12.4. The molecule has 2 aromatic rings. The number of non-ortho nitro benzene ring substituents is 1. The lowest BCUT2D eigenvalue weighted by atomic mass is 10.1. The van der Waals surface area contributed by atoms with Crippen LogP contribution in [0.5, 0.6) is 0 Å². The number of hydrogen-bond acceptors (Lipinski definition) is 5. The van der Waals surface area contributed by atoms with Crippen molar-refractivity contribution in [1.82, 2.24) is 10.2 Å². The molecule has 1 aliphatic heterocycles. The van der Waals surface area contributed by atoms with Crippen LogP contribution in [0.2, 0.25) is 5.02 Å². The highest BCUT2D eigenvalue weighted by Crippen LogP contribution is 2.22. The Morgan fingerprint density at radius 3 is 2.56 bits per heavy atom. The largest absolute Gasteiger partial charge is 0.379 e. The Bertz CT molecular complexity index is 837. The highest BCUT2D eigenvalue weighted by Gasteiger charge is 2.16. The predicted octanol–water partition coefficient (Wildman–Crippen LogP) is 3.01. The van der Waals surface area contributed by atoms with Gasteiger partial charge in [-0.05, 0) is 17.2 Å². The second-order valence-corrected chi connectivity index (χ2v) is 6.67. The van der Waals surface area contributed by atoms with Gasteiger partial charge in [-0.3, -0.25) is 19.8 Å². The number of nitrogens with one attached hydrogen (secondary N) is 1. The van der Waals surface area contributed by atoms with E-state index in [1.165, 1.54) is 18.2 Å². The molecule has 1 N–H and O–H groups in total. The van der Waals surface area contributed by atoms with Gasteiger partial charge in [0.1, 0.15) is 0 Å². The van der Waals surface area contributed by atoms with Gasteiger partial charge in [0.15, 0.2) is 0 Å². The number of nitrogens with zero attached hydrogens (tertiary/aromatic N) is 2. The number of amides is 1. The van der Waals surface area contributed by atoms with Gasteiger partial charge in [-0.2, -0.15) is 0 Å². The van der Waals surface area contributed by atoms with Gasteiger partial charge < -0.3 is 10.1 Å². The quantitative estimate of drug-likeness (QED) is 0.606. The average Bonchev–Trinajstić information content (AvgIpc) is 2.67. The van der Waals surface area contributed by atoms with Crippen molar-refractivity contribution in [1.29, 1.82) is 0 Å². The van der Waals surface area contributed by atoms with E-state index in [1.807, 2.05) is 18.2 Å². The third-order valence-electron chi connectivity index (χ3n) is 4.46. The lowest BCUT2D eigenvalue weighted by Gasteiger charge is -2.27. The van der Waals surface area contributed by atoms with Crippen LogP contribution >= 0.6 is 11.6 Å². The summed E-state index contributed by atoms with van der Waals surface area (Å²) >= 11 is 6.03. The topological polar surface area (TPSA) is 84.7 Å². The fourth-order valence-corrected chi connectivity index (χ4v) is 3.22. The van der Waals surface area contributed by atoms with Gasteiger partial charge >= 0.3 is 0 Å². The zero-order valence-electron chi connectivity index (χ0n) is 14.7. The van der Waals surface area contributed by atoms with E-state index >= 15 is 0 Å². The van der Waals surface area contributed by atoms with Crippen molar-refractivity contribution < 1.29 is 14.5 Å². The van der Waals surface area contributed by atoms with Crippen molar-refractivity contribution in [3.63, 3.8) is 0 Å². The monoisotopic (exact) mass is 389 g/mol. The SMILES string of the molecule is O=C(NCc1ccccc1CN1CCOCC1)c1ccc([N+](=O)[O-])cc1Cl. The Balaban J connectivity index is 1.66. The molecule has 3 rings (SSSR count). The Hall–Kier alpha value is -2.48. The van der Waals surface area contributed by atoms with Crippen LogP contribution in [0.15, 0.2) is 42.5 Å². The van der Waals surface area contributed by atoms with E-state index in [9.17, 15) is 14.9 Å². The summed E-state index contributed by atoms with van der Waals surface area (Å²) in [5.74, 6) is -0.365. The number of nitro benzene ring substituents is 1. The minimum absolute atomic E-state index is 0.0586. The summed E-state index contributed by atoms with van der Waals surface area (Å²) in [6.07, 6.45) is 0. The molecule has 1 fully saturated rings. The van der Waals surface area contributed by atoms with Crippen LogP contribution in [-0.4, -0.2) is 42.0 Å². The van der Waals surface area contributed by atoms with Gasteiger partial charge in [0, 0.05) is 38.3 Å². The fraction of sp³-hybridized carbons (Fsp3) is 0.316. The number of rotatable bonds is 6. The molecule has 0 aliphatic carbocycles. The van der Waals surface area contributed by atoms with E-state index in [4.69, 9.17) is 16.3 Å². The summed E-state index contributed by atoms with van der Waals surface area (Å²) in [6.45, 7) is 4.40. The molecular weight excluding hydrogens is 370 g/mol. The molecule has 7 nitrogen and oxygen atoms in total. The number of morpholine rings is 1. The smallest absolute Gasteiger partial charge is 0.270 e. The number of halogens is 1. The van der Waals surface area contributed by atoms with Crippen molar-refractivity contribution in [2.45, 2.75) is 13.1 Å². The van der Waals surface area contributed by atoms with Gasteiger partial charge in [0.05, 0.1) is 28.7 Å². The summed E-state index contributed by atoms with van der Waals surface area (Å²) in [4.78, 5) is 25.0. The van der Waals surface area contributed by atoms with Crippen LogP contribution in [0.25, 0.3) is 0 Å². The first-order chi connectivity index (χ1) is 13.0. The molecule has 0 atom stereocenters. The molecule has 27 heavy (non-hydrogen) atoms. The lowest BCUT2D eigenvalue weighted by Crippen LogP contribution is -2.36. The van der Waals surface area contributed by atoms with Crippen molar-refractivity contribution in [3.8, 4) is 0 Å². The van der Waals surface area contributed by atoms with Crippen molar-refractivity contribution in [2.24, 2.45) is 0 Å². The van der Waals surface area contributed by atoms with Crippen molar-refractivity contribution in [2.75, 3.05) is 26.3 Å². The molecule has 0 saturated carbocycles. The molecule has 1 amide bonds. The molecule has 8 heteroatoms. The fourth-order valence-electron chi connectivity index (χ4n) is 2.96. The van der Waals surface area contributed by atoms with E-state index in [-0.39, 0.29) is 22.2 Å². The van der Waals surface area contributed by atoms with Gasteiger partial charge in [0.2, 0.25) is 0 Å². The van der Waals surface area contributed by atoms with E-state index in [2.05, 4.69) is 16.3 Å². The van der Waals surface area contributed by atoms with E-state index in [0.717, 1.165) is 44.0 Å². The number of benzene rings is 2. The zero-order valence-corrected chi connectivity index (χ0v) is 15.4. The van der Waals surface area contributed by atoms with Crippen LogP contribution in [0.3, 0.4) is 0 Å². The van der Waals surface area contributed by atoms with E-state index in [1.54, 1.807) is 0 Å². The minimum Gasteiger partial charge on any atom is -0.379 e. The Morgan fingerprint density at radius 1 is 1.19 bits per heavy atom. The number of carbonyl (C=O) groups excluding carboxylic acids is 1. The molecule has 1 saturated heterocycles. The standard InChI is InChI=1S/C19H20ClN3O4/c20-18-11-16(23(25)26)5-6-17(18)19(24)21-12-14-3-1-2-4-15(14)13-22-7-9-27-10-8-22/h1-6,11H,7-10,12-13H2,(H,21,24). The second kappa shape index (κ2) is 8.94. The van der Waals surface area contributed by atoms with Crippen molar-refractivity contribution >= 4 is 23.2 Å². The maximum atomic E-state index is 12.4. The van der Waals surface area contributed by atoms with E-state index < -0.39 is 4.92 Å². The average molecular weight is 390 g/mol. The molecule has 0 radical (unpaired) electrons. The first-order valence-corrected chi connectivity index (χ1v) is 9.01. The summed E-state index contributed by atoms with van der Waals surface area (Å²) in [5, 5.41) is 13.7. The summed E-state index contributed by atoms with van der Waals surface area (Å²) in [6, 6.07) is 11.8. The summed E-state index contributed by atoms with van der Waals surface area (Å²) in [7, 11) is 0. The lowest BCUT2D eigenvalue weighted by molar-refractivity contribution is -0.384. The van der Waals surface area contributed by atoms with Crippen molar-refractivity contribution in [3.05, 3.63) is 74.3 Å². The molecule has 0 spiro atoms. The van der Waals surface area contributed by atoms with Crippen LogP contribution in [-0.2, 0) is 17.8 Å². The van der Waals surface area contributed by atoms with Gasteiger partial charge in [-0.15, -0.1) is 0 Å². The summed E-state index contributed by atoms with van der Waals surface area (Å²) < 4.78 is 5.38. The van der Waals surface area contributed by atoms with Gasteiger partial charge in [0.25, 0.3) is 11.6 Å². The van der Waals surface area contributed by atoms with E-state index in [0.29, 0.717) is 6.54 Å². The molecule has 0 aromatic heterocycles. The highest BCUT2D eigenvalue weighted by atomic mass is 35.5. The van der Waals surface area contributed by atoms with Crippen LogP contribution in [0, 0.1) is 10.1 Å². The number of hydrogen-bond donors (Lipinski definition) is 1.